The van der Waals surface area contributed by atoms with E-state index in [1.165, 1.54) is 12.1 Å². The van der Waals surface area contributed by atoms with Gasteiger partial charge < -0.3 is 15.4 Å². The molecule has 112 valence electrons. The molecule has 1 aromatic carbocycles. The van der Waals surface area contributed by atoms with Crippen LogP contribution in [0.5, 0.6) is 6.01 Å². The molecule has 0 radical (unpaired) electrons. The summed E-state index contributed by atoms with van der Waals surface area (Å²) in [5.74, 6) is 0.238. The van der Waals surface area contributed by atoms with Gasteiger partial charge in [-0.05, 0) is 31.5 Å². The summed E-state index contributed by atoms with van der Waals surface area (Å²) in [6.07, 6.45) is -0.0537. The number of benzene rings is 1. The molecule has 6 nitrogen and oxygen atoms in total. The molecule has 0 atom stereocenters. The smallest absolute Gasteiger partial charge is 0.323 e. The van der Waals surface area contributed by atoms with Crippen molar-refractivity contribution in [2.24, 2.45) is 0 Å². The largest absolute Gasteiger partial charge is 0.461 e. The third-order valence-corrected chi connectivity index (χ3v) is 2.64. The van der Waals surface area contributed by atoms with Crippen LogP contribution in [0.25, 0.3) is 0 Å². The van der Waals surface area contributed by atoms with Crippen LogP contribution in [0, 0.1) is 5.82 Å². The Morgan fingerprint density at radius 1 is 1.19 bits per heavy atom. The molecule has 0 aliphatic carbocycles. The van der Waals surface area contributed by atoms with Gasteiger partial charge >= 0.3 is 6.01 Å². The number of ether oxygens (including phenoxy) is 1. The van der Waals surface area contributed by atoms with Gasteiger partial charge in [-0.25, -0.2) is 4.39 Å². The Bertz CT molecular complexity index is 603. The van der Waals surface area contributed by atoms with Gasteiger partial charge in [-0.15, -0.1) is 0 Å². The SMILES string of the molecule is CC(C)Oc1nc(N)nc(N(C)Cc2ccc(F)cc2)n1. The van der Waals surface area contributed by atoms with Crippen molar-refractivity contribution < 1.29 is 9.13 Å². The van der Waals surface area contributed by atoms with Gasteiger partial charge in [0.15, 0.2) is 0 Å². The first-order valence-electron chi connectivity index (χ1n) is 6.58. The summed E-state index contributed by atoms with van der Waals surface area (Å²) in [6, 6.07) is 6.44. The first-order valence-corrected chi connectivity index (χ1v) is 6.58. The lowest BCUT2D eigenvalue weighted by Crippen LogP contribution is -2.21. The van der Waals surface area contributed by atoms with Crippen molar-refractivity contribution in [1.82, 2.24) is 15.0 Å². The number of aromatic nitrogens is 3. The van der Waals surface area contributed by atoms with Crippen LogP contribution in [0.2, 0.25) is 0 Å². The van der Waals surface area contributed by atoms with E-state index in [1.54, 1.807) is 17.0 Å². The summed E-state index contributed by atoms with van der Waals surface area (Å²) >= 11 is 0. The molecule has 0 saturated heterocycles. The Hall–Kier alpha value is -2.44. The van der Waals surface area contributed by atoms with Crippen molar-refractivity contribution in [3.8, 4) is 6.01 Å². The highest BCUT2D eigenvalue weighted by Crippen LogP contribution is 2.15. The molecule has 21 heavy (non-hydrogen) atoms. The van der Waals surface area contributed by atoms with Gasteiger partial charge in [0, 0.05) is 13.6 Å². The fraction of sp³-hybridized carbons (Fsp3) is 0.357. The van der Waals surface area contributed by atoms with Crippen molar-refractivity contribution >= 4 is 11.9 Å². The number of hydrogen-bond acceptors (Lipinski definition) is 6. The van der Waals surface area contributed by atoms with Crippen LogP contribution in [0.1, 0.15) is 19.4 Å². The minimum absolute atomic E-state index is 0.0537. The van der Waals surface area contributed by atoms with Gasteiger partial charge in [0.25, 0.3) is 0 Å². The molecule has 0 fully saturated rings. The maximum atomic E-state index is 12.9. The standard InChI is InChI=1S/C14H18FN5O/c1-9(2)21-14-18-12(16)17-13(19-14)20(3)8-10-4-6-11(15)7-5-10/h4-7,9H,8H2,1-3H3,(H2,16,17,18,19). The Morgan fingerprint density at radius 3 is 2.48 bits per heavy atom. The van der Waals surface area contributed by atoms with Crippen LogP contribution in [0.15, 0.2) is 24.3 Å². The minimum atomic E-state index is -0.265. The summed E-state index contributed by atoms with van der Waals surface area (Å²) in [5, 5.41) is 0. The lowest BCUT2D eigenvalue weighted by molar-refractivity contribution is 0.222. The van der Waals surface area contributed by atoms with Crippen molar-refractivity contribution in [3.63, 3.8) is 0 Å². The fourth-order valence-corrected chi connectivity index (χ4v) is 1.73. The normalized spacial score (nSPS) is 10.7. The maximum Gasteiger partial charge on any atom is 0.323 e. The molecular weight excluding hydrogens is 273 g/mol. The zero-order valence-corrected chi connectivity index (χ0v) is 12.2. The van der Waals surface area contributed by atoms with Crippen LogP contribution in [-0.2, 0) is 6.54 Å². The van der Waals surface area contributed by atoms with Crippen LogP contribution >= 0.6 is 0 Å². The topological polar surface area (TPSA) is 77.2 Å². The quantitative estimate of drug-likeness (QED) is 0.908. The molecule has 0 bridgehead atoms. The molecule has 1 aromatic heterocycles. The maximum absolute atomic E-state index is 12.9. The fourth-order valence-electron chi connectivity index (χ4n) is 1.73. The Balaban J connectivity index is 2.16. The average Bonchev–Trinajstić information content (AvgIpc) is 2.40. The summed E-state index contributed by atoms with van der Waals surface area (Å²) in [6.45, 7) is 4.27. The lowest BCUT2D eigenvalue weighted by atomic mass is 10.2. The summed E-state index contributed by atoms with van der Waals surface area (Å²) < 4.78 is 18.3. The van der Waals surface area contributed by atoms with E-state index < -0.39 is 0 Å². The van der Waals surface area contributed by atoms with Crippen LogP contribution in [-0.4, -0.2) is 28.1 Å². The zero-order valence-electron chi connectivity index (χ0n) is 12.2. The second-order valence-electron chi connectivity index (χ2n) is 4.93. The van der Waals surface area contributed by atoms with Gasteiger partial charge in [0.05, 0.1) is 6.10 Å². The number of anilines is 2. The number of rotatable bonds is 5. The van der Waals surface area contributed by atoms with Crippen LogP contribution < -0.4 is 15.4 Å². The van der Waals surface area contributed by atoms with E-state index in [-0.39, 0.29) is 23.9 Å². The summed E-state index contributed by atoms with van der Waals surface area (Å²) in [7, 11) is 1.82. The molecule has 0 spiro atoms. The number of nitrogens with two attached hydrogens (primary N) is 1. The Labute approximate surface area is 122 Å². The Kier molecular flexibility index (Phi) is 4.52. The molecule has 0 aliphatic heterocycles. The van der Waals surface area contributed by atoms with E-state index in [0.29, 0.717) is 12.5 Å². The van der Waals surface area contributed by atoms with Gasteiger partial charge in [-0.3, -0.25) is 0 Å². The minimum Gasteiger partial charge on any atom is -0.461 e. The molecule has 1 heterocycles. The van der Waals surface area contributed by atoms with Crippen molar-refractivity contribution in [2.75, 3.05) is 17.7 Å². The number of hydrogen-bond donors (Lipinski definition) is 1. The van der Waals surface area contributed by atoms with E-state index in [0.717, 1.165) is 5.56 Å². The van der Waals surface area contributed by atoms with E-state index in [1.807, 2.05) is 20.9 Å². The summed E-state index contributed by atoms with van der Waals surface area (Å²) in [4.78, 5) is 14.0. The Morgan fingerprint density at radius 2 is 1.86 bits per heavy atom. The average molecular weight is 291 g/mol. The molecule has 7 heteroatoms. The van der Waals surface area contributed by atoms with Crippen molar-refractivity contribution in [3.05, 3.63) is 35.6 Å². The predicted octanol–water partition coefficient (Wildman–Crippen LogP) is 2.02. The molecule has 2 aromatic rings. The molecule has 0 aliphatic rings. The number of nitrogen functional groups attached to an aromatic ring is 1. The van der Waals surface area contributed by atoms with Crippen molar-refractivity contribution in [2.45, 2.75) is 26.5 Å². The second kappa shape index (κ2) is 6.34. The van der Waals surface area contributed by atoms with Gasteiger partial charge in [-0.2, -0.15) is 15.0 Å². The highest BCUT2D eigenvalue weighted by atomic mass is 19.1. The highest BCUT2D eigenvalue weighted by Gasteiger charge is 2.11. The predicted molar refractivity (Wildman–Crippen MR) is 78.5 cm³/mol. The van der Waals surface area contributed by atoms with Crippen LogP contribution in [0.3, 0.4) is 0 Å². The molecule has 0 saturated carbocycles. The third kappa shape index (κ3) is 4.27. The third-order valence-electron chi connectivity index (χ3n) is 2.64. The number of halogens is 1. The van der Waals surface area contributed by atoms with E-state index >= 15 is 0 Å². The van der Waals surface area contributed by atoms with Gasteiger partial charge in [0.1, 0.15) is 5.82 Å². The molecule has 2 N–H and O–H groups in total. The monoisotopic (exact) mass is 291 g/mol. The molecular formula is C14H18FN5O. The van der Waals surface area contributed by atoms with Gasteiger partial charge in [0.2, 0.25) is 11.9 Å². The van der Waals surface area contributed by atoms with E-state index in [4.69, 9.17) is 10.5 Å². The summed E-state index contributed by atoms with van der Waals surface area (Å²) in [5.41, 5.74) is 6.60. The second-order valence-corrected chi connectivity index (χ2v) is 4.93. The molecule has 0 amide bonds. The molecule has 2 rings (SSSR count). The lowest BCUT2D eigenvalue weighted by Gasteiger charge is -2.18. The zero-order chi connectivity index (χ0) is 15.4. The van der Waals surface area contributed by atoms with E-state index in [2.05, 4.69) is 15.0 Å². The first-order chi connectivity index (χ1) is 9.94. The van der Waals surface area contributed by atoms with Crippen LogP contribution in [0.4, 0.5) is 16.3 Å². The van der Waals surface area contributed by atoms with Crippen molar-refractivity contribution in [1.29, 1.82) is 0 Å². The first kappa shape index (κ1) is 15.0. The van der Waals surface area contributed by atoms with E-state index in [9.17, 15) is 4.39 Å². The van der Waals surface area contributed by atoms with Gasteiger partial charge in [-0.1, -0.05) is 12.1 Å². The highest BCUT2D eigenvalue weighted by molar-refractivity contribution is 5.36. The number of nitrogens with zero attached hydrogens (tertiary/aromatic N) is 4. The molecule has 0 unspecified atom stereocenters.